The molecule has 9 atom stereocenters. The Morgan fingerprint density at radius 2 is 1.10 bits per heavy atom. The fraction of sp³-hybridized carbons (Fsp3) is 0.360. The van der Waals surface area contributed by atoms with Crippen molar-refractivity contribution in [2.24, 2.45) is 0 Å². The van der Waals surface area contributed by atoms with E-state index in [0.29, 0.717) is 6.61 Å². The molecule has 0 spiro atoms. The zero-order valence-corrected chi connectivity index (χ0v) is 34.8. The highest BCUT2D eigenvalue weighted by Crippen LogP contribution is 2.38. The van der Waals surface area contributed by atoms with Gasteiger partial charge in [-0.3, -0.25) is 0 Å². The van der Waals surface area contributed by atoms with Crippen molar-refractivity contribution in [3.63, 3.8) is 0 Å². The minimum Gasteiger partial charge on any atom is -0.454 e. The van der Waals surface area contributed by atoms with Crippen molar-refractivity contribution in [2.75, 3.05) is 13.2 Å². The van der Waals surface area contributed by atoms with Crippen LogP contribution in [-0.2, 0) is 78.6 Å². The lowest BCUT2D eigenvalue weighted by Gasteiger charge is -2.46. The molecule has 3 aliphatic rings. The third-order valence-corrected chi connectivity index (χ3v) is 10.9. The molecule has 0 N–H and O–H groups in total. The number of hydrogen-bond donors (Lipinski definition) is 0. The summed E-state index contributed by atoms with van der Waals surface area (Å²) in [7, 11) is 0. The van der Waals surface area contributed by atoms with Crippen LogP contribution in [0.1, 0.15) is 46.5 Å². The van der Waals surface area contributed by atoms with Crippen LogP contribution in [0.5, 0.6) is 0 Å². The van der Waals surface area contributed by atoms with Gasteiger partial charge in [0.15, 0.2) is 18.2 Å². The van der Waals surface area contributed by atoms with Crippen LogP contribution in [0.3, 0.4) is 0 Å². The van der Waals surface area contributed by atoms with E-state index in [1.54, 1.807) is 44.2 Å². The molecule has 3 fully saturated rings. The zero-order chi connectivity index (χ0) is 42.7. The lowest BCUT2D eigenvalue weighted by Crippen LogP contribution is -2.63. The number of ether oxygens (including phenoxy) is 10. The van der Waals surface area contributed by atoms with E-state index in [1.165, 1.54) is 0 Å². The maximum atomic E-state index is 13.8. The molecule has 0 radical (unpaired) electrons. The van der Waals surface area contributed by atoms with Gasteiger partial charge in [0.1, 0.15) is 36.6 Å². The van der Waals surface area contributed by atoms with Crippen molar-refractivity contribution in [1.82, 2.24) is 0 Å². The predicted molar refractivity (Wildman–Crippen MR) is 225 cm³/mol. The standard InChI is InChI=1S/C50H52O12/c1-50(2)57-33-40(62-50)42-44(45(48(52)59-42)60-47(51)38-26-16-7-17-27-38)61-49-46(56-31-37-24-14-6-15-25-37)43(55-30-36-22-12-5-13-23-36)41(54-29-35-20-10-4-11-21-35)39(58-49)32-53-28-34-18-8-3-9-19-34/h3-27,39-46,49H,28-33H2,1-2H3/t39-,40-,41+,42+,43+,44+,45-,46-,49-/m1/s1. The highest BCUT2D eigenvalue weighted by atomic mass is 16.8. The molecular weight excluding hydrogens is 793 g/mol. The Morgan fingerprint density at radius 3 is 1.61 bits per heavy atom. The van der Waals surface area contributed by atoms with Gasteiger partial charge in [-0.15, -0.1) is 0 Å². The quantitative estimate of drug-likeness (QED) is 0.0818. The summed E-state index contributed by atoms with van der Waals surface area (Å²) >= 11 is 0. The Morgan fingerprint density at radius 1 is 0.613 bits per heavy atom. The van der Waals surface area contributed by atoms with Crippen LogP contribution in [0.4, 0.5) is 0 Å². The summed E-state index contributed by atoms with van der Waals surface area (Å²) in [5.41, 5.74) is 4.01. The first-order valence-corrected chi connectivity index (χ1v) is 21.0. The maximum absolute atomic E-state index is 13.8. The van der Waals surface area contributed by atoms with Crippen LogP contribution < -0.4 is 0 Å². The van der Waals surface area contributed by atoms with Gasteiger partial charge < -0.3 is 47.4 Å². The normalized spacial score (nSPS) is 26.8. The molecule has 3 heterocycles. The Balaban J connectivity index is 1.16. The van der Waals surface area contributed by atoms with Crippen molar-refractivity contribution in [3.05, 3.63) is 179 Å². The van der Waals surface area contributed by atoms with Gasteiger partial charge in [-0.2, -0.15) is 0 Å². The van der Waals surface area contributed by atoms with Crippen molar-refractivity contribution < 1.29 is 57.0 Å². The molecule has 12 heteroatoms. The fourth-order valence-corrected chi connectivity index (χ4v) is 7.77. The summed E-state index contributed by atoms with van der Waals surface area (Å²) in [6.07, 6.45) is -9.10. The van der Waals surface area contributed by atoms with E-state index in [0.717, 1.165) is 22.3 Å². The summed E-state index contributed by atoms with van der Waals surface area (Å²) in [5.74, 6) is -2.49. The van der Waals surface area contributed by atoms with Crippen LogP contribution in [0.15, 0.2) is 152 Å². The van der Waals surface area contributed by atoms with Crippen molar-refractivity contribution in [1.29, 1.82) is 0 Å². The van der Waals surface area contributed by atoms with Crippen LogP contribution in [0, 0.1) is 0 Å². The molecule has 0 aliphatic carbocycles. The molecule has 8 rings (SSSR count). The first-order chi connectivity index (χ1) is 30.3. The second kappa shape index (κ2) is 20.7. The lowest BCUT2D eigenvalue weighted by molar-refractivity contribution is -0.342. The second-order valence-electron chi connectivity index (χ2n) is 15.9. The van der Waals surface area contributed by atoms with Crippen molar-refractivity contribution >= 4 is 11.9 Å². The van der Waals surface area contributed by atoms with Crippen LogP contribution in [-0.4, -0.2) is 86.1 Å². The molecular formula is C50H52O12. The number of rotatable bonds is 18. The van der Waals surface area contributed by atoms with Gasteiger partial charge >= 0.3 is 11.9 Å². The molecule has 12 nitrogen and oxygen atoms in total. The molecule has 5 aromatic carbocycles. The number of cyclic esters (lactones) is 1. The summed E-state index contributed by atoms with van der Waals surface area (Å²) < 4.78 is 64.8. The van der Waals surface area contributed by atoms with Gasteiger partial charge in [0.05, 0.1) is 45.2 Å². The summed E-state index contributed by atoms with van der Waals surface area (Å²) in [4.78, 5) is 27.4. The number of carbonyl (C=O) groups is 2. The Bertz CT molecular complexity index is 2140. The molecule has 0 amide bonds. The summed E-state index contributed by atoms with van der Waals surface area (Å²) in [5, 5.41) is 0. The summed E-state index contributed by atoms with van der Waals surface area (Å²) in [6.45, 7) is 4.63. The molecule has 324 valence electrons. The topological polar surface area (TPSA) is 126 Å². The third-order valence-electron chi connectivity index (χ3n) is 10.9. The zero-order valence-electron chi connectivity index (χ0n) is 34.8. The van der Waals surface area contributed by atoms with Gasteiger partial charge in [-0.1, -0.05) is 140 Å². The average Bonchev–Trinajstić information content (AvgIpc) is 3.82. The van der Waals surface area contributed by atoms with E-state index >= 15 is 0 Å². The van der Waals surface area contributed by atoms with Crippen molar-refractivity contribution in [2.45, 2.75) is 101 Å². The molecule has 0 saturated carbocycles. The maximum Gasteiger partial charge on any atom is 0.350 e. The Kier molecular flexibility index (Phi) is 14.5. The minimum absolute atomic E-state index is 0.0779. The first-order valence-electron chi connectivity index (χ1n) is 21.0. The SMILES string of the molecule is CC1(C)OC[C@H]([C@@H]2OC(=O)[C@H](OC(=O)c3ccccc3)[C@H]2O[C@H]2O[C@H](COCc3ccccc3)[C@H](OCc3ccccc3)[C@H](OCc3ccccc3)[C@H]2OCc2ccccc2)O1. The van der Waals surface area contributed by atoms with Crippen LogP contribution >= 0.6 is 0 Å². The molecule has 5 aromatic rings. The van der Waals surface area contributed by atoms with E-state index in [1.807, 2.05) is 121 Å². The van der Waals surface area contributed by atoms with Gasteiger partial charge in [0.2, 0.25) is 6.10 Å². The lowest BCUT2D eigenvalue weighted by atomic mass is 9.97. The Hall–Kier alpha value is -5.28. The largest absolute Gasteiger partial charge is 0.454 e. The molecule has 3 saturated heterocycles. The molecule has 3 aliphatic heterocycles. The Labute approximate surface area is 361 Å². The van der Waals surface area contributed by atoms with E-state index in [-0.39, 0.29) is 38.6 Å². The van der Waals surface area contributed by atoms with E-state index in [9.17, 15) is 9.59 Å². The highest BCUT2D eigenvalue weighted by Gasteiger charge is 2.58. The number of esters is 2. The predicted octanol–water partition coefficient (Wildman–Crippen LogP) is 7.37. The van der Waals surface area contributed by atoms with Crippen LogP contribution in [0.2, 0.25) is 0 Å². The molecule has 0 unspecified atom stereocenters. The fourth-order valence-electron chi connectivity index (χ4n) is 7.77. The van der Waals surface area contributed by atoms with E-state index in [4.69, 9.17) is 47.4 Å². The molecule has 0 bridgehead atoms. The van der Waals surface area contributed by atoms with Gasteiger partial charge in [-0.25, -0.2) is 9.59 Å². The van der Waals surface area contributed by atoms with E-state index < -0.39 is 72.8 Å². The van der Waals surface area contributed by atoms with Gasteiger partial charge in [0, 0.05) is 0 Å². The monoisotopic (exact) mass is 844 g/mol. The number of hydrogen-bond acceptors (Lipinski definition) is 12. The van der Waals surface area contributed by atoms with Gasteiger partial charge in [-0.05, 0) is 48.2 Å². The minimum atomic E-state index is -1.50. The third kappa shape index (κ3) is 11.2. The first kappa shape index (κ1) is 43.4. The second-order valence-corrected chi connectivity index (χ2v) is 15.9. The molecule has 0 aromatic heterocycles. The number of benzene rings is 5. The van der Waals surface area contributed by atoms with Gasteiger partial charge in [0.25, 0.3) is 0 Å². The van der Waals surface area contributed by atoms with E-state index in [2.05, 4.69) is 0 Å². The highest BCUT2D eigenvalue weighted by molar-refractivity contribution is 5.92. The smallest absolute Gasteiger partial charge is 0.350 e. The average molecular weight is 845 g/mol. The van der Waals surface area contributed by atoms with Crippen LogP contribution in [0.25, 0.3) is 0 Å². The summed E-state index contributed by atoms with van der Waals surface area (Å²) in [6, 6.07) is 47.6. The van der Waals surface area contributed by atoms with Crippen molar-refractivity contribution in [3.8, 4) is 0 Å². The molecule has 62 heavy (non-hydrogen) atoms. The number of carbonyl (C=O) groups excluding carboxylic acids is 2.